The number of hydrogen-bond acceptors (Lipinski definition) is 4. The number of rotatable bonds is 3. The Morgan fingerprint density at radius 3 is 2.09 bits per heavy atom. The molecule has 0 amide bonds. The van der Waals surface area contributed by atoms with Gasteiger partial charge in [-0.15, -0.1) is 0 Å². The zero-order valence-electron chi connectivity index (χ0n) is 7.00. The number of aliphatic hydroxyl groups excluding tert-OH is 2. The van der Waals surface area contributed by atoms with Gasteiger partial charge in [0.1, 0.15) is 6.10 Å². The van der Waals surface area contributed by atoms with E-state index in [0.717, 1.165) is 0 Å². The van der Waals surface area contributed by atoms with Crippen molar-refractivity contribution in [1.82, 2.24) is 0 Å². The zero-order chi connectivity index (χ0) is 8.36. The fraction of sp³-hybridized carbons (Fsp3) is 0.833. The van der Waals surface area contributed by atoms with Crippen LogP contribution in [-0.2, 0) is 4.79 Å². The van der Waals surface area contributed by atoms with Crippen molar-refractivity contribution in [3.8, 4) is 0 Å². The van der Waals surface area contributed by atoms with Crippen molar-refractivity contribution >= 4 is 5.97 Å². The van der Waals surface area contributed by atoms with Gasteiger partial charge in [-0.2, -0.15) is 0 Å². The monoisotopic (exact) mass is 186 g/mol. The van der Waals surface area contributed by atoms with Crippen LogP contribution in [0.25, 0.3) is 0 Å². The van der Waals surface area contributed by atoms with Crippen molar-refractivity contribution in [3.05, 3.63) is 0 Å². The molecule has 0 saturated carbocycles. The fourth-order valence-corrected chi connectivity index (χ4v) is 0.406. The van der Waals surface area contributed by atoms with E-state index in [1.165, 1.54) is 13.8 Å². The Morgan fingerprint density at radius 1 is 1.64 bits per heavy atom. The van der Waals surface area contributed by atoms with Gasteiger partial charge in [0.15, 0.2) is 0 Å². The van der Waals surface area contributed by atoms with Crippen LogP contribution < -0.4 is 56.5 Å². The van der Waals surface area contributed by atoms with E-state index < -0.39 is 17.5 Å². The average molecular weight is 186 g/mol. The smallest absolute Gasteiger partial charge is 0.547 e. The summed E-state index contributed by atoms with van der Waals surface area (Å²) in [6.07, 6.45) is -1.61. The quantitative estimate of drug-likeness (QED) is 0.433. The topological polar surface area (TPSA) is 80.6 Å². The van der Waals surface area contributed by atoms with E-state index in [2.05, 4.69) is 0 Å². The molecule has 0 aromatic heterocycles. The van der Waals surface area contributed by atoms with Gasteiger partial charge in [-0.05, 0) is 0 Å². The fourth-order valence-electron chi connectivity index (χ4n) is 0.406. The Labute approximate surface area is 108 Å². The van der Waals surface area contributed by atoms with Crippen LogP contribution in [0.15, 0.2) is 0 Å². The molecule has 0 rings (SSSR count). The van der Waals surface area contributed by atoms with Gasteiger partial charge in [-0.25, -0.2) is 0 Å². The molecule has 0 fully saturated rings. The third kappa shape index (κ3) is 4.57. The number of carbonyl (C=O) groups is 1. The minimum absolute atomic E-state index is 0. The second-order valence-corrected chi connectivity index (χ2v) is 2.87. The Balaban J connectivity index is 0. The minimum atomic E-state index is -1.61. The standard InChI is InChI=1S/C6H12O4.K/c1-6(2,3-7)4(8)5(9)10;/h4,7-8H,3H2,1-2H3,(H,9,10);/q;+1/p-1. The third-order valence-corrected chi connectivity index (χ3v) is 1.37. The van der Waals surface area contributed by atoms with Gasteiger partial charge in [0.2, 0.25) is 0 Å². The van der Waals surface area contributed by atoms with Crippen LogP contribution in [-0.4, -0.2) is 28.9 Å². The first kappa shape index (κ1) is 14.5. The molecule has 0 aromatic rings. The minimum Gasteiger partial charge on any atom is -0.547 e. The summed E-state index contributed by atoms with van der Waals surface area (Å²) in [5.74, 6) is -1.56. The van der Waals surface area contributed by atoms with E-state index in [0.29, 0.717) is 0 Å². The van der Waals surface area contributed by atoms with Crippen molar-refractivity contribution in [2.75, 3.05) is 6.61 Å². The molecule has 0 aliphatic heterocycles. The maximum Gasteiger partial charge on any atom is 1.00 e. The molecule has 0 bridgehead atoms. The maximum atomic E-state index is 10.0. The predicted octanol–water partition coefficient (Wildman–Crippen LogP) is -4.88. The van der Waals surface area contributed by atoms with E-state index >= 15 is 0 Å². The van der Waals surface area contributed by atoms with Crippen LogP contribution in [0.3, 0.4) is 0 Å². The van der Waals surface area contributed by atoms with Crippen LogP contribution in [0.4, 0.5) is 0 Å². The van der Waals surface area contributed by atoms with Gasteiger partial charge in [0, 0.05) is 5.41 Å². The Kier molecular flexibility index (Phi) is 7.45. The number of carboxylic acids is 1. The zero-order valence-corrected chi connectivity index (χ0v) is 10.1. The van der Waals surface area contributed by atoms with E-state index in [1.54, 1.807) is 0 Å². The predicted molar refractivity (Wildman–Crippen MR) is 31.9 cm³/mol. The molecule has 0 aromatic carbocycles. The summed E-state index contributed by atoms with van der Waals surface area (Å²) in [5, 5.41) is 27.4. The normalized spacial score (nSPS) is 13.5. The van der Waals surface area contributed by atoms with Crippen molar-refractivity contribution in [2.45, 2.75) is 20.0 Å². The largest absolute Gasteiger partial charge is 1.00 e. The first-order valence-electron chi connectivity index (χ1n) is 2.91. The molecule has 2 N–H and O–H groups in total. The third-order valence-electron chi connectivity index (χ3n) is 1.37. The van der Waals surface area contributed by atoms with Crippen LogP contribution >= 0.6 is 0 Å². The van der Waals surface area contributed by atoms with E-state index in [1.807, 2.05) is 0 Å². The molecule has 0 spiro atoms. The SMILES string of the molecule is CC(C)(CO)C(O)C(=O)[O-].[K+]. The van der Waals surface area contributed by atoms with Crippen molar-refractivity contribution < 1.29 is 71.5 Å². The van der Waals surface area contributed by atoms with Crippen LogP contribution in [0.1, 0.15) is 13.8 Å². The molecule has 0 radical (unpaired) electrons. The second-order valence-electron chi connectivity index (χ2n) is 2.87. The van der Waals surface area contributed by atoms with Crippen molar-refractivity contribution in [2.24, 2.45) is 5.41 Å². The van der Waals surface area contributed by atoms with Crippen LogP contribution in [0.2, 0.25) is 0 Å². The van der Waals surface area contributed by atoms with E-state index in [4.69, 9.17) is 10.2 Å². The second kappa shape index (κ2) is 5.63. The molecule has 1 atom stereocenters. The van der Waals surface area contributed by atoms with Gasteiger partial charge in [-0.3, -0.25) is 0 Å². The molecule has 11 heavy (non-hydrogen) atoms. The Hall–Kier alpha value is 1.03. The van der Waals surface area contributed by atoms with Crippen molar-refractivity contribution in [3.63, 3.8) is 0 Å². The molecular weight excluding hydrogens is 175 g/mol. The van der Waals surface area contributed by atoms with Gasteiger partial charge in [-0.1, -0.05) is 13.8 Å². The van der Waals surface area contributed by atoms with E-state index in [9.17, 15) is 9.90 Å². The first-order valence-corrected chi connectivity index (χ1v) is 2.91. The van der Waals surface area contributed by atoms with E-state index in [-0.39, 0.29) is 58.0 Å². The molecule has 60 valence electrons. The molecule has 0 aliphatic rings. The summed E-state index contributed by atoms with van der Waals surface area (Å²) in [7, 11) is 0. The average Bonchev–Trinajstić information content (AvgIpc) is 1.86. The number of carbonyl (C=O) groups excluding carboxylic acids is 1. The molecule has 0 heterocycles. The Bertz CT molecular complexity index is 135. The summed E-state index contributed by atoms with van der Waals surface area (Å²) in [5.41, 5.74) is -1.03. The summed E-state index contributed by atoms with van der Waals surface area (Å²) in [6.45, 7) is 2.49. The number of carboxylic acid groups (broad SMARTS) is 1. The molecule has 4 nitrogen and oxygen atoms in total. The van der Waals surface area contributed by atoms with Gasteiger partial charge in [0.25, 0.3) is 0 Å². The summed E-state index contributed by atoms with van der Waals surface area (Å²) < 4.78 is 0. The van der Waals surface area contributed by atoms with Crippen LogP contribution in [0, 0.1) is 5.41 Å². The number of hydrogen-bond donors (Lipinski definition) is 2. The number of aliphatic carboxylic acids is 1. The molecule has 1 unspecified atom stereocenters. The Morgan fingerprint density at radius 2 is 2.00 bits per heavy atom. The van der Waals surface area contributed by atoms with Gasteiger partial charge < -0.3 is 20.1 Å². The first-order chi connectivity index (χ1) is 4.41. The maximum absolute atomic E-state index is 10.0. The van der Waals surface area contributed by atoms with Gasteiger partial charge in [0.05, 0.1) is 12.6 Å². The van der Waals surface area contributed by atoms with Gasteiger partial charge >= 0.3 is 51.4 Å². The number of aliphatic hydroxyl groups is 2. The molecule has 0 saturated heterocycles. The molecule has 0 aliphatic carbocycles. The molecule has 5 heteroatoms. The molecular formula is C6H11KO4. The summed E-state index contributed by atoms with van der Waals surface area (Å²) in [4.78, 5) is 10.0. The van der Waals surface area contributed by atoms with Crippen molar-refractivity contribution in [1.29, 1.82) is 0 Å². The summed E-state index contributed by atoms with van der Waals surface area (Å²) >= 11 is 0. The van der Waals surface area contributed by atoms with Crippen LogP contribution in [0.5, 0.6) is 0 Å². The summed E-state index contributed by atoms with van der Waals surface area (Å²) in [6, 6.07) is 0.